The Labute approximate surface area is 215 Å². The van der Waals surface area contributed by atoms with E-state index in [0.717, 1.165) is 37.4 Å². The topological polar surface area (TPSA) is 100 Å². The summed E-state index contributed by atoms with van der Waals surface area (Å²) in [4.78, 5) is 44.2. The van der Waals surface area contributed by atoms with Crippen LogP contribution in [-0.2, 0) is 27.4 Å². The molecule has 3 aromatic rings. The third-order valence-electron chi connectivity index (χ3n) is 7.01. The quantitative estimate of drug-likeness (QED) is 0.494. The molecule has 0 radical (unpaired) electrons. The van der Waals surface area contributed by atoms with Crippen molar-refractivity contribution >= 4 is 29.7 Å². The van der Waals surface area contributed by atoms with E-state index in [2.05, 4.69) is 27.3 Å². The molecule has 0 spiro atoms. The standard InChI is InChI=1S/C27H30N6O4/c1-30-12-14-31(15-13-30)21-10-8-20(9-11-21)26(35)28-25-22-16-32(17-23(22)33(18-34)29-25)27(36)24(37-2)19-6-4-3-5-7-19/h3-11,18,24H,12-17H2,1-2H3,(H,28,29,35)/t24-/m1/s1. The number of amides is 2. The lowest BCUT2D eigenvalue weighted by molar-refractivity contribution is -0.143. The third-order valence-corrected chi connectivity index (χ3v) is 7.01. The molecule has 10 heteroatoms. The van der Waals surface area contributed by atoms with E-state index in [-0.39, 0.29) is 30.7 Å². The Balaban J connectivity index is 1.29. The van der Waals surface area contributed by atoms with Crippen LogP contribution in [0.3, 0.4) is 0 Å². The van der Waals surface area contributed by atoms with Gasteiger partial charge in [0.25, 0.3) is 11.8 Å². The number of anilines is 2. The molecule has 0 saturated carbocycles. The van der Waals surface area contributed by atoms with Crippen molar-refractivity contribution in [1.82, 2.24) is 19.6 Å². The van der Waals surface area contributed by atoms with E-state index in [1.807, 2.05) is 42.5 Å². The van der Waals surface area contributed by atoms with Gasteiger partial charge in [-0.3, -0.25) is 14.4 Å². The summed E-state index contributed by atoms with van der Waals surface area (Å²) >= 11 is 0. The number of piperazine rings is 1. The van der Waals surface area contributed by atoms with Crippen molar-refractivity contribution in [1.29, 1.82) is 0 Å². The maximum absolute atomic E-state index is 13.3. The van der Waals surface area contributed by atoms with E-state index in [1.54, 1.807) is 17.0 Å². The molecule has 2 aliphatic heterocycles. The molecule has 3 heterocycles. The van der Waals surface area contributed by atoms with Gasteiger partial charge in [0, 0.05) is 50.1 Å². The van der Waals surface area contributed by atoms with Gasteiger partial charge in [-0.05, 0) is 36.9 Å². The Hall–Kier alpha value is -4.02. The van der Waals surface area contributed by atoms with Gasteiger partial charge in [0.05, 0.1) is 18.8 Å². The van der Waals surface area contributed by atoms with Gasteiger partial charge in [-0.15, -0.1) is 5.10 Å². The van der Waals surface area contributed by atoms with Crippen LogP contribution in [0.15, 0.2) is 54.6 Å². The lowest BCUT2D eigenvalue weighted by atomic mass is 10.1. The van der Waals surface area contributed by atoms with Crippen molar-refractivity contribution < 1.29 is 19.1 Å². The summed E-state index contributed by atoms with van der Waals surface area (Å²) in [5, 5.41) is 7.10. The number of nitrogens with one attached hydrogen (secondary N) is 1. The minimum absolute atomic E-state index is 0.197. The second-order valence-electron chi connectivity index (χ2n) is 9.34. The van der Waals surface area contributed by atoms with Crippen molar-refractivity contribution in [3.05, 3.63) is 77.0 Å². The average Bonchev–Trinajstić information content (AvgIpc) is 3.50. The number of rotatable bonds is 7. The van der Waals surface area contributed by atoms with Gasteiger partial charge in [0.2, 0.25) is 6.41 Å². The van der Waals surface area contributed by atoms with Gasteiger partial charge >= 0.3 is 0 Å². The molecular weight excluding hydrogens is 472 g/mol. The van der Waals surface area contributed by atoms with E-state index >= 15 is 0 Å². The van der Waals surface area contributed by atoms with Crippen LogP contribution in [0.2, 0.25) is 0 Å². The van der Waals surface area contributed by atoms with Crippen LogP contribution in [0.1, 0.15) is 33.3 Å². The minimum atomic E-state index is -0.764. The van der Waals surface area contributed by atoms with Crippen molar-refractivity contribution in [2.45, 2.75) is 19.2 Å². The molecule has 10 nitrogen and oxygen atoms in total. The average molecular weight is 503 g/mol. The number of hydrogen-bond donors (Lipinski definition) is 1. The molecule has 1 atom stereocenters. The first-order valence-corrected chi connectivity index (χ1v) is 12.3. The highest BCUT2D eigenvalue weighted by Gasteiger charge is 2.35. The van der Waals surface area contributed by atoms with E-state index in [9.17, 15) is 14.4 Å². The fourth-order valence-corrected chi connectivity index (χ4v) is 4.85. The molecule has 192 valence electrons. The van der Waals surface area contributed by atoms with Crippen molar-refractivity contribution in [3.8, 4) is 0 Å². The van der Waals surface area contributed by atoms with E-state index in [1.165, 1.54) is 11.8 Å². The summed E-state index contributed by atoms with van der Waals surface area (Å²) in [7, 11) is 3.61. The molecule has 1 N–H and O–H groups in total. The second-order valence-corrected chi connectivity index (χ2v) is 9.34. The maximum Gasteiger partial charge on any atom is 0.256 e. The first-order valence-electron chi connectivity index (χ1n) is 12.3. The van der Waals surface area contributed by atoms with Gasteiger partial charge in [0.15, 0.2) is 11.9 Å². The number of aromatic nitrogens is 2. The van der Waals surface area contributed by atoms with Crippen LogP contribution in [0.5, 0.6) is 0 Å². The molecule has 2 aromatic carbocycles. The summed E-state index contributed by atoms with van der Waals surface area (Å²) in [6.07, 6.45) is -0.183. The van der Waals surface area contributed by atoms with Crippen LogP contribution < -0.4 is 10.2 Å². The zero-order valence-corrected chi connectivity index (χ0v) is 21.0. The Morgan fingerprint density at radius 3 is 2.35 bits per heavy atom. The van der Waals surface area contributed by atoms with Gasteiger partial charge in [-0.2, -0.15) is 0 Å². The van der Waals surface area contributed by atoms with Crippen molar-refractivity contribution in [2.24, 2.45) is 0 Å². The molecule has 0 aliphatic carbocycles. The smallest absolute Gasteiger partial charge is 0.256 e. The van der Waals surface area contributed by atoms with Crippen LogP contribution in [0.4, 0.5) is 11.5 Å². The molecule has 2 amide bonds. The number of fused-ring (bicyclic) bond motifs is 1. The monoisotopic (exact) mass is 502 g/mol. The minimum Gasteiger partial charge on any atom is -0.369 e. The first-order chi connectivity index (χ1) is 18.0. The van der Waals surface area contributed by atoms with Gasteiger partial charge in [-0.1, -0.05) is 30.3 Å². The van der Waals surface area contributed by atoms with Crippen LogP contribution in [-0.4, -0.2) is 78.1 Å². The van der Waals surface area contributed by atoms with E-state index in [0.29, 0.717) is 23.2 Å². The van der Waals surface area contributed by atoms with E-state index < -0.39 is 6.10 Å². The predicted molar refractivity (Wildman–Crippen MR) is 139 cm³/mol. The normalized spacial score (nSPS) is 16.4. The number of likely N-dealkylation sites (N-methyl/N-ethyl adjacent to an activating group) is 1. The number of hydrogen-bond acceptors (Lipinski definition) is 7. The van der Waals surface area contributed by atoms with Gasteiger partial charge < -0.3 is 24.8 Å². The highest BCUT2D eigenvalue weighted by atomic mass is 16.5. The SMILES string of the molecule is CO[C@@H](C(=O)N1Cc2c(NC(=O)c3ccc(N4CCN(C)CC4)cc3)nn(C=O)c2C1)c1ccccc1. The molecule has 0 bridgehead atoms. The van der Waals surface area contributed by atoms with Gasteiger partial charge in [-0.25, -0.2) is 4.68 Å². The zero-order chi connectivity index (χ0) is 25.9. The number of benzene rings is 2. The summed E-state index contributed by atoms with van der Waals surface area (Å²) in [5.74, 6) is -0.273. The number of ether oxygens (including phenoxy) is 1. The van der Waals surface area contributed by atoms with Crippen LogP contribution in [0, 0.1) is 0 Å². The van der Waals surface area contributed by atoms with Crippen LogP contribution in [0.25, 0.3) is 0 Å². The Bertz CT molecular complexity index is 1280. The number of carbonyl (C=O) groups excluding carboxylic acids is 3. The van der Waals surface area contributed by atoms with Crippen molar-refractivity contribution in [2.75, 3.05) is 50.6 Å². The summed E-state index contributed by atoms with van der Waals surface area (Å²) in [5.41, 5.74) is 3.53. The zero-order valence-electron chi connectivity index (χ0n) is 21.0. The summed E-state index contributed by atoms with van der Waals surface area (Å²) < 4.78 is 6.67. The second kappa shape index (κ2) is 10.5. The third kappa shape index (κ3) is 4.98. The summed E-state index contributed by atoms with van der Waals surface area (Å²) in [6.45, 7) is 4.31. The molecule has 5 rings (SSSR count). The molecule has 2 aliphatic rings. The maximum atomic E-state index is 13.3. The van der Waals surface area contributed by atoms with E-state index in [4.69, 9.17) is 4.74 Å². The highest BCUT2D eigenvalue weighted by Crippen LogP contribution is 2.32. The number of methoxy groups -OCH3 is 1. The Morgan fingerprint density at radius 1 is 1.00 bits per heavy atom. The fourth-order valence-electron chi connectivity index (χ4n) is 4.85. The highest BCUT2D eigenvalue weighted by molar-refractivity contribution is 6.04. The fraction of sp³-hybridized carbons (Fsp3) is 0.333. The molecular formula is C27H30N6O4. The lowest BCUT2D eigenvalue weighted by Gasteiger charge is -2.34. The Morgan fingerprint density at radius 2 is 1.70 bits per heavy atom. The first kappa shape index (κ1) is 24.7. The largest absolute Gasteiger partial charge is 0.369 e. The molecule has 1 aromatic heterocycles. The number of carbonyl (C=O) groups is 3. The lowest BCUT2D eigenvalue weighted by Crippen LogP contribution is -2.44. The van der Waals surface area contributed by atoms with Crippen LogP contribution >= 0.6 is 0 Å². The number of nitrogens with zero attached hydrogens (tertiary/aromatic N) is 5. The Kier molecular flexibility index (Phi) is 7.02. The van der Waals surface area contributed by atoms with Crippen molar-refractivity contribution in [3.63, 3.8) is 0 Å². The molecule has 1 saturated heterocycles. The summed E-state index contributed by atoms with van der Waals surface area (Å²) in [6, 6.07) is 16.7. The molecule has 1 fully saturated rings. The molecule has 0 unspecified atom stereocenters. The predicted octanol–water partition coefficient (Wildman–Crippen LogP) is 2.16. The molecule has 37 heavy (non-hydrogen) atoms. The van der Waals surface area contributed by atoms with Gasteiger partial charge in [0.1, 0.15) is 0 Å².